The van der Waals surface area contributed by atoms with E-state index in [1.54, 1.807) is 45.1 Å². The number of aromatic nitrogens is 4. The second kappa shape index (κ2) is 14.0. The maximum absolute atomic E-state index is 13.5. The van der Waals surface area contributed by atoms with Crippen molar-refractivity contribution in [3.8, 4) is 5.75 Å². The predicted molar refractivity (Wildman–Crippen MR) is 194 cm³/mol. The second-order valence-corrected chi connectivity index (χ2v) is 15.9. The Morgan fingerprint density at radius 1 is 1.00 bits per heavy atom. The van der Waals surface area contributed by atoms with Crippen LogP contribution in [0.25, 0.3) is 17.1 Å². The number of hydrogen-bond donors (Lipinski definition) is 2. The minimum absolute atomic E-state index is 0.400. The number of methoxy groups -OCH3 is 1. The summed E-state index contributed by atoms with van der Waals surface area (Å²) in [5.41, 5.74) is 5.94. The Labute approximate surface area is 277 Å². The average molecular weight is 656 g/mol. The molecule has 2 saturated heterocycles. The van der Waals surface area contributed by atoms with Gasteiger partial charge in [0, 0.05) is 81.2 Å². The fourth-order valence-corrected chi connectivity index (χ4v) is 8.13. The fourth-order valence-electron chi connectivity index (χ4n) is 6.73. The molecule has 0 bridgehead atoms. The highest BCUT2D eigenvalue weighted by Gasteiger charge is 2.28. The number of benzene rings is 2. The molecule has 0 unspecified atom stereocenters. The van der Waals surface area contributed by atoms with Crippen LogP contribution in [0.15, 0.2) is 49.4 Å². The molecule has 2 aliphatic heterocycles. The zero-order valence-corrected chi connectivity index (χ0v) is 29.1. The number of likely N-dealkylation sites (N-methyl/N-ethyl adjacent to an activating group) is 1. The summed E-state index contributed by atoms with van der Waals surface area (Å²) < 4.78 is 19.4. The molecule has 248 valence electrons. The quantitative estimate of drug-likeness (QED) is 0.209. The first-order valence-corrected chi connectivity index (χ1v) is 19.0. The van der Waals surface area contributed by atoms with E-state index in [9.17, 15) is 4.57 Å². The molecule has 11 nitrogen and oxygen atoms in total. The van der Waals surface area contributed by atoms with Gasteiger partial charge in [0.1, 0.15) is 24.2 Å². The van der Waals surface area contributed by atoms with Crippen molar-refractivity contribution in [2.45, 2.75) is 32.2 Å². The monoisotopic (exact) mass is 655 g/mol. The molecule has 0 amide bonds. The molecule has 2 aliphatic rings. The highest BCUT2D eigenvalue weighted by Crippen LogP contribution is 2.41. The van der Waals surface area contributed by atoms with E-state index in [-0.39, 0.29) is 0 Å². The third kappa shape index (κ3) is 7.12. The summed E-state index contributed by atoms with van der Waals surface area (Å²) in [4.78, 5) is 26.0. The Morgan fingerprint density at radius 3 is 2.43 bits per heavy atom. The van der Waals surface area contributed by atoms with Gasteiger partial charge < -0.3 is 29.7 Å². The van der Waals surface area contributed by atoms with Crippen LogP contribution in [0.3, 0.4) is 0 Å². The van der Waals surface area contributed by atoms with Gasteiger partial charge in [-0.05, 0) is 63.4 Å². The molecule has 2 fully saturated rings. The third-order valence-corrected chi connectivity index (χ3v) is 10.9. The van der Waals surface area contributed by atoms with E-state index in [4.69, 9.17) is 9.72 Å². The maximum atomic E-state index is 13.5. The van der Waals surface area contributed by atoms with E-state index in [0.717, 1.165) is 44.0 Å². The molecule has 4 aromatic rings. The van der Waals surface area contributed by atoms with Crippen molar-refractivity contribution in [1.29, 1.82) is 0 Å². The number of nitrogens with one attached hydrogen (secondary N) is 2. The van der Waals surface area contributed by atoms with Gasteiger partial charge in [-0.2, -0.15) is 4.98 Å². The number of rotatable bonds is 10. The average Bonchev–Trinajstić information content (AvgIpc) is 3.08. The first-order valence-electron chi connectivity index (χ1n) is 16.4. The fraction of sp³-hybridized carbons (Fsp3) is 0.429. The first kappa shape index (κ1) is 32.9. The summed E-state index contributed by atoms with van der Waals surface area (Å²) in [5.74, 6) is 1.67. The lowest BCUT2D eigenvalue weighted by molar-refractivity contribution is 0.0982. The Kier molecular flexibility index (Phi) is 9.77. The lowest BCUT2D eigenvalue weighted by Crippen LogP contribution is -2.52. The number of ether oxygens (including phenoxy) is 1. The molecule has 47 heavy (non-hydrogen) atoms. The van der Waals surface area contributed by atoms with Crippen LogP contribution in [0.1, 0.15) is 30.9 Å². The van der Waals surface area contributed by atoms with Crippen LogP contribution in [-0.2, 0) is 11.0 Å². The summed E-state index contributed by atoms with van der Waals surface area (Å²) in [6.07, 6.45) is 9.90. The number of piperidine rings is 1. The lowest BCUT2D eigenvalue weighted by atomic mass is 9.99. The van der Waals surface area contributed by atoms with Gasteiger partial charge in [0.15, 0.2) is 0 Å². The summed E-state index contributed by atoms with van der Waals surface area (Å²) in [6, 6.07) is 8.70. The topological polar surface area (TPSA) is 112 Å². The predicted octanol–water partition coefficient (Wildman–Crippen LogP) is 5.59. The van der Waals surface area contributed by atoms with Crippen LogP contribution in [0.2, 0.25) is 0 Å². The van der Waals surface area contributed by atoms with Gasteiger partial charge in [-0.3, -0.25) is 14.9 Å². The van der Waals surface area contributed by atoms with Crippen LogP contribution >= 0.6 is 7.14 Å². The van der Waals surface area contributed by atoms with Gasteiger partial charge in [-0.1, -0.05) is 19.6 Å². The van der Waals surface area contributed by atoms with Crippen LogP contribution < -0.4 is 25.6 Å². The molecule has 12 heteroatoms. The Hall–Kier alpha value is -4.05. The van der Waals surface area contributed by atoms with Crippen molar-refractivity contribution in [3.05, 3.63) is 60.6 Å². The minimum Gasteiger partial charge on any atom is -0.494 e. The number of hydrogen-bond acceptors (Lipinski definition) is 11. The number of nitrogens with zero attached hydrogens (tertiary/aromatic N) is 7. The summed E-state index contributed by atoms with van der Waals surface area (Å²) in [7, 11) is 1.16. The SMILES string of the molecule is C=Cc1cnc(Nc2cc(CC)c(N3CCC(N4CCN(C)CC4)CC3)cc2OC)nc1Nc1ccc2nccnc2c1P(C)(C)=O. The van der Waals surface area contributed by atoms with E-state index in [1.165, 1.54) is 37.2 Å². The van der Waals surface area contributed by atoms with Crippen LogP contribution in [0, 0.1) is 0 Å². The highest BCUT2D eigenvalue weighted by molar-refractivity contribution is 7.71. The van der Waals surface area contributed by atoms with E-state index in [1.807, 2.05) is 12.1 Å². The van der Waals surface area contributed by atoms with Gasteiger partial charge in [-0.15, -0.1) is 0 Å². The van der Waals surface area contributed by atoms with Gasteiger partial charge in [0.05, 0.1) is 29.3 Å². The molecule has 0 atom stereocenters. The number of fused-ring (bicyclic) bond motifs is 1. The summed E-state index contributed by atoms with van der Waals surface area (Å²) in [5, 5.41) is 7.44. The second-order valence-electron chi connectivity index (χ2n) is 12.8. The molecule has 0 aliphatic carbocycles. The molecule has 2 N–H and O–H groups in total. The lowest BCUT2D eigenvalue weighted by Gasteiger charge is -2.43. The van der Waals surface area contributed by atoms with Crippen LogP contribution in [-0.4, -0.2) is 103 Å². The van der Waals surface area contributed by atoms with Gasteiger partial charge in [0.2, 0.25) is 5.95 Å². The zero-order chi connectivity index (χ0) is 33.1. The van der Waals surface area contributed by atoms with Crippen LogP contribution in [0.4, 0.5) is 28.8 Å². The highest BCUT2D eigenvalue weighted by atomic mass is 31.2. The van der Waals surface area contributed by atoms with E-state index in [2.05, 4.69) is 73.0 Å². The molecular weight excluding hydrogens is 609 g/mol. The smallest absolute Gasteiger partial charge is 0.229 e. The molecule has 4 heterocycles. The van der Waals surface area contributed by atoms with E-state index < -0.39 is 7.14 Å². The molecule has 6 rings (SSSR count). The van der Waals surface area contributed by atoms with Crippen LogP contribution in [0.5, 0.6) is 5.75 Å². The molecule has 2 aromatic carbocycles. The summed E-state index contributed by atoms with van der Waals surface area (Å²) in [6.45, 7) is 16.3. The van der Waals surface area contributed by atoms with Gasteiger partial charge >= 0.3 is 0 Å². The molecule has 0 spiro atoms. The van der Waals surface area contributed by atoms with Crippen molar-refractivity contribution in [1.82, 2.24) is 29.7 Å². The number of aryl methyl sites for hydroxylation is 1. The Morgan fingerprint density at radius 2 is 1.74 bits per heavy atom. The minimum atomic E-state index is -2.75. The van der Waals surface area contributed by atoms with Gasteiger partial charge in [0.25, 0.3) is 0 Å². The zero-order valence-electron chi connectivity index (χ0n) is 28.2. The summed E-state index contributed by atoms with van der Waals surface area (Å²) >= 11 is 0. The van der Waals surface area contributed by atoms with Crippen molar-refractivity contribution < 1.29 is 9.30 Å². The van der Waals surface area contributed by atoms with E-state index >= 15 is 0 Å². The van der Waals surface area contributed by atoms with Crippen molar-refractivity contribution in [3.63, 3.8) is 0 Å². The largest absolute Gasteiger partial charge is 0.494 e. The maximum Gasteiger partial charge on any atom is 0.229 e. The van der Waals surface area contributed by atoms with Crippen molar-refractivity contribution in [2.24, 2.45) is 0 Å². The third-order valence-electron chi connectivity index (χ3n) is 9.33. The normalized spacial score (nSPS) is 16.7. The Bertz CT molecular complexity index is 1790. The van der Waals surface area contributed by atoms with Crippen molar-refractivity contribution >= 4 is 58.4 Å². The van der Waals surface area contributed by atoms with E-state index in [0.29, 0.717) is 45.4 Å². The van der Waals surface area contributed by atoms with Gasteiger partial charge in [-0.25, -0.2) is 4.98 Å². The molecular formula is C35H46N9O2P. The number of piperazine rings is 1. The Balaban J connectivity index is 1.25. The molecule has 0 radical (unpaired) electrons. The standard InChI is InChI=1S/C35H46N9O2P/c1-7-24-21-29(31(46-4)22-30(24)44-15-11-26(12-16-44)43-19-17-42(3)18-20-43)40-35-38-23-25(8-2)34(41-35)39-28-10-9-27-32(37-14-13-36-27)33(28)47(5,6)45/h8-10,13-14,21-23,26H,2,7,11-12,15-20H2,1,3-6H3,(H2,38,39,40,41). The van der Waals surface area contributed by atoms with Crippen molar-refractivity contribution in [2.75, 3.05) is 82.3 Å². The number of anilines is 5. The first-order chi connectivity index (χ1) is 22.7. The molecule has 0 saturated carbocycles. The molecule has 2 aromatic heterocycles.